The van der Waals surface area contributed by atoms with Crippen molar-refractivity contribution < 1.29 is 38.9 Å². The Morgan fingerprint density at radius 2 is 1.18 bits per heavy atom. The van der Waals surface area contributed by atoms with Gasteiger partial charge in [-0.15, -0.1) is 0 Å². The molecule has 0 radical (unpaired) electrons. The van der Waals surface area contributed by atoms with Crippen molar-refractivity contribution in [2.24, 2.45) is 10.2 Å². The molecule has 5 N–H and O–H groups in total. The van der Waals surface area contributed by atoms with E-state index in [4.69, 9.17) is 29.3 Å². The van der Waals surface area contributed by atoms with Crippen LogP contribution in [0.3, 0.4) is 0 Å². The third-order valence-electron chi connectivity index (χ3n) is 12.5. The summed E-state index contributed by atoms with van der Waals surface area (Å²) in [4.78, 5) is 51.2. The summed E-state index contributed by atoms with van der Waals surface area (Å²) >= 11 is 0. The van der Waals surface area contributed by atoms with E-state index in [1.807, 2.05) is 47.9 Å². The van der Waals surface area contributed by atoms with Crippen molar-refractivity contribution >= 4 is 58.2 Å². The molecule has 0 bridgehead atoms. The van der Waals surface area contributed by atoms with Crippen LogP contribution in [0.1, 0.15) is 60.8 Å². The number of hydrogen-bond donors (Lipinski definition) is 5. The van der Waals surface area contributed by atoms with Crippen LogP contribution in [0.4, 0.5) is 22.7 Å². The molecule has 0 spiro atoms. The molecule has 4 aromatic carbocycles. The molecule has 1 aliphatic carbocycles. The first-order valence-electron chi connectivity index (χ1n) is 22.0. The second-order valence-corrected chi connectivity index (χ2v) is 17.9. The van der Waals surface area contributed by atoms with E-state index in [1.54, 1.807) is 0 Å². The van der Waals surface area contributed by atoms with Crippen LogP contribution in [0.25, 0.3) is 22.3 Å². The summed E-state index contributed by atoms with van der Waals surface area (Å²) in [6, 6.07) is 28.5. The molecule has 1 saturated heterocycles. The number of nitrogens with zero attached hydrogens (tertiary/aromatic N) is 6. The monoisotopic (exact) mass is 901 g/mol. The van der Waals surface area contributed by atoms with Crippen LogP contribution in [-0.4, -0.2) is 114 Å². The molecule has 348 valence electrons. The summed E-state index contributed by atoms with van der Waals surface area (Å²) < 4.78 is 12.1. The molecular formula is C49H59N9O8. The fourth-order valence-corrected chi connectivity index (χ4v) is 9.00. The van der Waals surface area contributed by atoms with Gasteiger partial charge in [0.1, 0.15) is 36.8 Å². The fraction of sp³-hybridized carbons (Fsp3) is 0.388. The van der Waals surface area contributed by atoms with Gasteiger partial charge in [0.15, 0.2) is 11.7 Å². The Morgan fingerprint density at radius 1 is 0.742 bits per heavy atom. The Bertz CT molecular complexity index is 2520. The number of hydrazone groups is 2. The Morgan fingerprint density at radius 3 is 1.62 bits per heavy atom. The van der Waals surface area contributed by atoms with Crippen LogP contribution < -0.4 is 40.3 Å². The molecule has 5 aliphatic heterocycles. The zero-order valence-corrected chi connectivity index (χ0v) is 38.7. The lowest BCUT2D eigenvalue weighted by atomic mass is 9.78. The van der Waals surface area contributed by atoms with Gasteiger partial charge in [-0.25, -0.2) is 10.9 Å². The van der Waals surface area contributed by atoms with Crippen LogP contribution >= 0.6 is 0 Å². The number of fused-ring (bicyclic) bond motifs is 6. The minimum absolute atomic E-state index is 0.0455. The first-order valence-corrected chi connectivity index (χ1v) is 22.0. The van der Waals surface area contributed by atoms with Crippen molar-refractivity contribution in [1.29, 1.82) is 0 Å². The van der Waals surface area contributed by atoms with Gasteiger partial charge in [-0.3, -0.25) is 19.2 Å². The SMILES string of the molecule is CC(=O)O.CC(=O)O.CC1C(=O)NN=C2COc3cc(-c4ccccc4)c(N(C)C4(C)CN(C)C4)cc3N21.CC1C(=O)NN=C2COc3cc(-c4ccccc4)c(NC4(C)CCC4)cc3N21. The van der Waals surface area contributed by atoms with Crippen LogP contribution in [0.5, 0.6) is 11.5 Å². The van der Waals surface area contributed by atoms with Gasteiger partial charge in [-0.1, -0.05) is 60.7 Å². The summed E-state index contributed by atoms with van der Waals surface area (Å²) in [5, 5.41) is 27.0. The molecule has 2 amide bonds. The number of rotatable bonds is 6. The van der Waals surface area contributed by atoms with Gasteiger partial charge in [0.2, 0.25) is 0 Å². The maximum Gasteiger partial charge on any atom is 0.300 e. The molecule has 2 fully saturated rings. The van der Waals surface area contributed by atoms with Crippen molar-refractivity contribution in [2.45, 2.75) is 84.0 Å². The van der Waals surface area contributed by atoms with Crippen LogP contribution in [0.2, 0.25) is 0 Å². The minimum atomic E-state index is -0.833. The lowest BCUT2D eigenvalue weighted by Gasteiger charge is -2.53. The van der Waals surface area contributed by atoms with Crippen molar-refractivity contribution in [3.05, 3.63) is 84.9 Å². The molecule has 2 unspecified atom stereocenters. The smallest absolute Gasteiger partial charge is 0.300 e. The predicted molar refractivity (Wildman–Crippen MR) is 257 cm³/mol. The molecule has 2 atom stereocenters. The number of anilines is 4. The number of likely N-dealkylation sites (tertiary alicyclic amines) is 1. The predicted octanol–water partition coefficient (Wildman–Crippen LogP) is 6.45. The molecule has 66 heavy (non-hydrogen) atoms. The van der Waals surface area contributed by atoms with E-state index in [-0.39, 0.29) is 35.0 Å². The Hall–Kier alpha value is -7.14. The second-order valence-electron chi connectivity index (χ2n) is 17.9. The summed E-state index contributed by atoms with van der Waals surface area (Å²) in [6.45, 7) is 13.2. The first-order chi connectivity index (χ1) is 31.4. The van der Waals surface area contributed by atoms with Crippen LogP contribution in [0.15, 0.2) is 95.1 Å². The summed E-state index contributed by atoms with van der Waals surface area (Å²) in [5.41, 5.74) is 13.8. The first kappa shape index (κ1) is 46.8. The molecule has 0 aromatic heterocycles. The number of carbonyl (C=O) groups is 4. The van der Waals surface area contributed by atoms with Gasteiger partial charge in [0, 0.05) is 62.0 Å². The quantitative estimate of drug-likeness (QED) is 0.142. The number of carboxylic acids is 2. The second kappa shape index (κ2) is 19.1. The average molecular weight is 902 g/mol. The molecule has 1 saturated carbocycles. The van der Waals surface area contributed by atoms with E-state index < -0.39 is 11.9 Å². The van der Waals surface area contributed by atoms with E-state index in [9.17, 15) is 9.59 Å². The number of carbonyl (C=O) groups excluding carboxylic acids is 2. The molecule has 4 aromatic rings. The highest BCUT2D eigenvalue weighted by Gasteiger charge is 2.43. The van der Waals surface area contributed by atoms with Crippen LogP contribution in [0, 0.1) is 0 Å². The van der Waals surface area contributed by atoms with Gasteiger partial charge in [0.25, 0.3) is 23.8 Å². The zero-order chi connectivity index (χ0) is 47.5. The zero-order valence-electron chi connectivity index (χ0n) is 38.7. The number of likely N-dealkylation sites (N-methyl/N-ethyl adjacent to an activating group) is 2. The molecule has 6 aliphatic rings. The van der Waals surface area contributed by atoms with Gasteiger partial charge in [0.05, 0.1) is 16.9 Å². The van der Waals surface area contributed by atoms with Crippen molar-refractivity contribution in [3.8, 4) is 33.8 Å². The third kappa shape index (κ3) is 9.90. The van der Waals surface area contributed by atoms with E-state index in [1.165, 1.54) is 6.42 Å². The summed E-state index contributed by atoms with van der Waals surface area (Å²) in [5.74, 6) is 1.13. The number of ether oxygens (including phenoxy) is 2. The highest BCUT2D eigenvalue weighted by molar-refractivity contribution is 6.11. The highest BCUT2D eigenvalue weighted by Crippen LogP contribution is 2.47. The molecule has 10 rings (SSSR count). The highest BCUT2D eigenvalue weighted by atomic mass is 16.5. The van der Waals surface area contributed by atoms with Gasteiger partial charge >= 0.3 is 0 Å². The standard InChI is InChI=1S/C23H27N5O2.C22H24N4O2.2C2H4O2/c1-15-22(29)25-24-21-12-30-20-10-17(16-8-6-5-7-9-16)18(11-19(20)28(15)21)27(4)23(2)13-26(3)14-23;1-14-21(27)25-24-20-13-28-19-11-16(15-7-4-3-5-8-15)17(12-18(19)26(14)20)23-22(2)9-6-10-22;2*1-2(3)4/h5-11,15H,12-14H2,1-4H3,(H,25,29);3-5,7-8,11-12,14,23H,6,9-10,13H2,1-2H3,(H,25,27);2*1H3,(H,3,4). The molecule has 17 nitrogen and oxygen atoms in total. The Balaban J connectivity index is 0.000000169. The number of carboxylic acid groups (broad SMARTS) is 2. The van der Waals surface area contributed by atoms with Crippen molar-refractivity contribution in [3.63, 3.8) is 0 Å². The number of amidine groups is 2. The lowest BCUT2D eigenvalue weighted by molar-refractivity contribution is -0.135. The van der Waals surface area contributed by atoms with E-state index >= 15 is 0 Å². The lowest BCUT2D eigenvalue weighted by Crippen LogP contribution is -2.66. The largest absolute Gasteiger partial charge is 0.483 e. The van der Waals surface area contributed by atoms with E-state index in [2.05, 4.69) is 125 Å². The topological polar surface area (TPSA) is 201 Å². The maximum atomic E-state index is 12.3. The number of nitrogens with one attached hydrogen (secondary N) is 3. The third-order valence-corrected chi connectivity index (χ3v) is 12.5. The van der Waals surface area contributed by atoms with Crippen molar-refractivity contribution in [1.82, 2.24) is 15.8 Å². The van der Waals surface area contributed by atoms with Gasteiger partial charge < -0.3 is 44.6 Å². The van der Waals surface area contributed by atoms with E-state index in [0.717, 1.165) is 108 Å². The summed E-state index contributed by atoms with van der Waals surface area (Å²) in [6.07, 6.45) is 3.56. The normalized spacial score (nSPS) is 20.2. The van der Waals surface area contributed by atoms with Crippen molar-refractivity contribution in [2.75, 3.05) is 60.4 Å². The van der Waals surface area contributed by atoms with Gasteiger partial charge in [-0.05, 0) is 89.4 Å². The Labute approximate surface area is 385 Å². The van der Waals surface area contributed by atoms with Gasteiger partial charge in [-0.2, -0.15) is 10.2 Å². The van der Waals surface area contributed by atoms with Crippen LogP contribution in [-0.2, 0) is 19.2 Å². The van der Waals surface area contributed by atoms with E-state index in [0.29, 0.717) is 13.2 Å². The molecule has 5 heterocycles. The molecular weight excluding hydrogens is 843 g/mol. The Kier molecular flexibility index (Phi) is 13.6. The number of amides is 2. The number of aliphatic carboxylic acids is 2. The number of benzene rings is 4. The minimum Gasteiger partial charge on any atom is -0.483 e. The number of hydrogen-bond acceptors (Lipinski definition) is 13. The average Bonchev–Trinajstić information content (AvgIpc) is 3.27. The maximum absolute atomic E-state index is 12.3. The summed E-state index contributed by atoms with van der Waals surface area (Å²) in [7, 11) is 4.30. The molecule has 17 heteroatoms. The fourth-order valence-electron chi connectivity index (χ4n) is 9.00.